The van der Waals surface area contributed by atoms with Crippen LogP contribution in [0.25, 0.3) is 0 Å². The number of carbonyl (C=O) groups excluding carboxylic acids is 3. The van der Waals surface area contributed by atoms with Gasteiger partial charge in [0.05, 0.1) is 6.10 Å². The van der Waals surface area contributed by atoms with E-state index in [4.69, 9.17) is 10.8 Å². The van der Waals surface area contributed by atoms with Crippen LogP contribution < -0.4 is 21.7 Å². The summed E-state index contributed by atoms with van der Waals surface area (Å²) in [6, 6.07) is -4.26. The highest BCUT2D eigenvalue weighted by Crippen LogP contribution is 2.03. The van der Waals surface area contributed by atoms with Gasteiger partial charge in [-0.25, -0.2) is 0 Å². The zero-order valence-electron chi connectivity index (χ0n) is 15.1. The zero-order chi connectivity index (χ0) is 19.9. The Morgan fingerprint density at radius 3 is 1.68 bits per heavy atom. The summed E-state index contributed by atoms with van der Waals surface area (Å²) >= 11 is 0. The number of nitrogens with two attached hydrogens (primary N) is 1. The maximum atomic E-state index is 12.2. The zero-order valence-corrected chi connectivity index (χ0v) is 15.1. The normalized spacial score (nSPS) is 17.0. The molecule has 5 unspecified atom stereocenters. The van der Waals surface area contributed by atoms with E-state index in [2.05, 4.69) is 16.0 Å². The Morgan fingerprint density at radius 1 is 0.800 bits per heavy atom. The van der Waals surface area contributed by atoms with Gasteiger partial charge in [-0.1, -0.05) is 13.8 Å². The van der Waals surface area contributed by atoms with Gasteiger partial charge in [-0.05, 0) is 26.7 Å². The summed E-state index contributed by atoms with van der Waals surface area (Å²) in [5.41, 5.74) is 5.48. The van der Waals surface area contributed by atoms with Crippen molar-refractivity contribution in [3.8, 4) is 0 Å². The summed E-state index contributed by atoms with van der Waals surface area (Å²) < 4.78 is 0. The van der Waals surface area contributed by atoms with Crippen LogP contribution >= 0.6 is 0 Å². The van der Waals surface area contributed by atoms with Crippen LogP contribution in [0.15, 0.2) is 0 Å². The average molecular weight is 360 g/mol. The van der Waals surface area contributed by atoms with Gasteiger partial charge in [0.2, 0.25) is 17.7 Å². The fraction of sp³-hybridized carbons (Fsp3) is 0.733. The topological polar surface area (TPSA) is 171 Å². The molecule has 10 heteroatoms. The second-order valence-electron chi connectivity index (χ2n) is 6.30. The Kier molecular flexibility index (Phi) is 9.07. The molecule has 0 aliphatic carbocycles. The summed E-state index contributed by atoms with van der Waals surface area (Å²) in [5.74, 6) is -3.49. The molecule has 0 bridgehead atoms. The van der Waals surface area contributed by atoms with Gasteiger partial charge in [-0.3, -0.25) is 19.2 Å². The van der Waals surface area contributed by atoms with Crippen LogP contribution in [0.5, 0.6) is 0 Å². The van der Waals surface area contributed by atoms with E-state index >= 15 is 0 Å². The number of aliphatic hydroxyl groups excluding tert-OH is 1. The SMILES string of the molecule is CC(NC(=O)C(NC(=O)C(C)NC(=O)C(N)C(C)O)C(C)C)C(=O)O. The summed E-state index contributed by atoms with van der Waals surface area (Å²) in [7, 11) is 0. The molecule has 0 aromatic carbocycles. The first-order valence-corrected chi connectivity index (χ1v) is 7.96. The maximum Gasteiger partial charge on any atom is 0.325 e. The lowest BCUT2D eigenvalue weighted by Gasteiger charge is -2.25. The van der Waals surface area contributed by atoms with Crippen molar-refractivity contribution in [2.75, 3.05) is 0 Å². The van der Waals surface area contributed by atoms with Gasteiger partial charge < -0.3 is 31.9 Å². The van der Waals surface area contributed by atoms with E-state index in [0.29, 0.717) is 0 Å². The highest BCUT2D eigenvalue weighted by Gasteiger charge is 2.29. The van der Waals surface area contributed by atoms with E-state index in [0.717, 1.165) is 0 Å². The smallest absolute Gasteiger partial charge is 0.325 e. The Hall–Kier alpha value is -2.20. The lowest BCUT2D eigenvalue weighted by atomic mass is 10.0. The molecule has 0 heterocycles. The molecule has 0 rings (SSSR count). The van der Waals surface area contributed by atoms with Crippen LogP contribution in [0, 0.1) is 5.92 Å². The standard InChI is InChI=1S/C15H28N4O6/c1-6(2)11(14(23)18-8(4)15(24)25)19-12(21)7(3)17-13(22)10(16)9(5)20/h6-11,20H,16H2,1-5H3,(H,17,22)(H,18,23)(H,19,21)(H,24,25). The number of carbonyl (C=O) groups is 4. The van der Waals surface area contributed by atoms with E-state index in [-0.39, 0.29) is 5.92 Å². The summed E-state index contributed by atoms with van der Waals surface area (Å²) in [6.45, 7) is 7.42. The molecular formula is C15H28N4O6. The minimum Gasteiger partial charge on any atom is -0.480 e. The quantitative estimate of drug-likeness (QED) is 0.274. The highest BCUT2D eigenvalue weighted by atomic mass is 16.4. The number of nitrogens with one attached hydrogen (secondary N) is 3. The van der Waals surface area contributed by atoms with Crippen LogP contribution in [0.1, 0.15) is 34.6 Å². The van der Waals surface area contributed by atoms with Gasteiger partial charge in [0.25, 0.3) is 0 Å². The molecule has 5 atom stereocenters. The van der Waals surface area contributed by atoms with Gasteiger partial charge in [0, 0.05) is 0 Å². The van der Waals surface area contributed by atoms with Gasteiger partial charge in [0.1, 0.15) is 24.2 Å². The first-order valence-electron chi connectivity index (χ1n) is 7.96. The highest BCUT2D eigenvalue weighted by molar-refractivity contribution is 5.94. The van der Waals surface area contributed by atoms with Crippen molar-refractivity contribution in [1.82, 2.24) is 16.0 Å². The second kappa shape index (κ2) is 9.94. The van der Waals surface area contributed by atoms with Gasteiger partial charge in [-0.2, -0.15) is 0 Å². The van der Waals surface area contributed by atoms with Crippen molar-refractivity contribution in [2.45, 2.75) is 64.9 Å². The van der Waals surface area contributed by atoms with E-state index in [1.54, 1.807) is 13.8 Å². The number of carboxylic acid groups (broad SMARTS) is 1. The molecule has 25 heavy (non-hydrogen) atoms. The Bertz CT molecular complexity index is 508. The molecule has 3 amide bonds. The number of hydrogen-bond donors (Lipinski definition) is 6. The molecule has 7 N–H and O–H groups in total. The second-order valence-corrected chi connectivity index (χ2v) is 6.30. The Balaban J connectivity index is 4.86. The largest absolute Gasteiger partial charge is 0.480 e. The van der Waals surface area contributed by atoms with Gasteiger partial charge in [0.15, 0.2) is 0 Å². The van der Waals surface area contributed by atoms with Crippen molar-refractivity contribution in [3.63, 3.8) is 0 Å². The third-order valence-electron chi connectivity index (χ3n) is 3.55. The van der Waals surface area contributed by atoms with Crippen molar-refractivity contribution >= 4 is 23.7 Å². The number of hydrogen-bond acceptors (Lipinski definition) is 6. The molecule has 10 nitrogen and oxygen atoms in total. The predicted molar refractivity (Wildman–Crippen MR) is 89.3 cm³/mol. The van der Waals surface area contributed by atoms with Crippen LogP contribution in [-0.2, 0) is 19.2 Å². The minimum atomic E-state index is -1.20. The minimum absolute atomic E-state index is 0.312. The van der Waals surface area contributed by atoms with E-state index in [9.17, 15) is 24.3 Å². The van der Waals surface area contributed by atoms with Crippen molar-refractivity contribution in [2.24, 2.45) is 11.7 Å². The molecule has 0 fully saturated rings. The number of amides is 3. The molecule has 0 aliphatic rings. The molecule has 0 aromatic rings. The van der Waals surface area contributed by atoms with Gasteiger partial charge in [-0.15, -0.1) is 0 Å². The third-order valence-corrected chi connectivity index (χ3v) is 3.55. The number of rotatable bonds is 9. The molecule has 0 saturated carbocycles. The van der Waals surface area contributed by atoms with Gasteiger partial charge >= 0.3 is 5.97 Å². The number of carboxylic acids is 1. The van der Waals surface area contributed by atoms with Crippen LogP contribution in [0.4, 0.5) is 0 Å². The van der Waals surface area contributed by atoms with E-state index in [1.165, 1.54) is 20.8 Å². The molecule has 0 radical (unpaired) electrons. The Morgan fingerprint density at radius 2 is 1.28 bits per heavy atom. The third kappa shape index (κ3) is 7.48. The maximum absolute atomic E-state index is 12.2. The summed E-state index contributed by atoms with van der Waals surface area (Å²) in [4.78, 5) is 46.9. The first-order chi connectivity index (χ1) is 11.4. The van der Waals surface area contributed by atoms with Crippen LogP contribution in [0.3, 0.4) is 0 Å². The predicted octanol–water partition coefficient (Wildman–Crippen LogP) is -2.07. The molecule has 0 aromatic heterocycles. The lowest BCUT2D eigenvalue weighted by molar-refractivity contribution is -0.142. The number of aliphatic carboxylic acids is 1. The average Bonchev–Trinajstić information content (AvgIpc) is 2.50. The molecule has 0 spiro atoms. The van der Waals surface area contributed by atoms with Crippen LogP contribution in [-0.4, -0.2) is 64.2 Å². The van der Waals surface area contributed by atoms with Crippen molar-refractivity contribution in [3.05, 3.63) is 0 Å². The summed E-state index contributed by atoms with van der Waals surface area (Å²) in [5, 5.41) is 25.2. The monoisotopic (exact) mass is 360 g/mol. The Labute approximate surface area is 146 Å². The molecule has 0 aliphatic heterocycles. The fourth-order valence-electron chi connectivity index (χ4n) is 1.77. The first kappa shape index (κ1) is 22.8. The lowest BCUT2D eigenvalue weighted by Crippen LogP contribution is -2.58. The molecule has 144 valence electrons. The van der Waals surface area contributed by atoms with Crippen LogP contribution in [0.2, 0.25) is 0 Å². The molecule has 0 saturated heterocycles. The van der Waals surface area contributed by atoms with E-state index in [1.807, 2.05) is 0 Å². The molecular weight excluding hydrogens is 332 g/mol. The number of aliphatic hydroxyl groups is 1. The summed E-state index contributed by atoms with van der Waals surface area (Å²) in [6.07, 6.45) is -1.08. The van der Waals surface area contributed by atoms with E-state index < -0.39 is 54.0 Å². The fourth-order valence-corrected chi connectivity index (χ4v) is 1.77. The van der Waals surface area contributed by atoms with Crippen molar-refractivity contribution < 1.29 is 29.4 Å². The van der Waals surface area contributed by atoms with Crippen molar-refractivity contribution in [1.29, 1.82) is 0 Å².